The minimum absolute atomic E-state index is 0.276. The SMILES string of the molecule is O=C(Nc1ccc(N2CCCC2)cc1)c1cnc(Nc2ccc(F)cc2)nc1. The zero-order chi connectivity index (χ0) is 19.3. The molecule has 4 rings (SSSR count). The Kier molecular flexibility index (Phi) is 5.14. The first-order chi connectivity index (χ1) is 13.7. The van der Waals surface area contributed by atoms with Crippen LogP contribution < -0.4 is 15.5 Å². The maximum absolute atomic E-state index is 12.9. The first kappa shape index (κ1) is 17.9. The fourth-order valence-electron chi connectivity index (χ4n) is 3.11. The highest BCUT2D eigenvalue weighted by Gasteiger charge is 2.13. The van der Waals surface area contributed by atoms with Crippen LogP contribution in [0.15, 0.2) is 60.9 Å². The summed E-state index contributed by atoms with van der Waals surface area (Å²) in [6.07, 6.45) is 5.36. The lowest BCUT2D eigenvalue weighted by Gasteiger charge is -2.17. The van der Waals surface area contributed by atoms with Crippen molar-refractivity contribution in [2.75, 3.05) is 28.6 Å². The van der Waals surface area contributed by atoms with Crippen molar-refractivity contribution in [2.24, 2.45) is 0 Å². The van der Waals surface area contributed by atoms with E-state index in [1.807, 2.05) is 24.3 Å². The van der Waals surface area contributed by atoms with Crippen LogP contribution in [0.2, 0.25) is 0 Å². The predicted octanol–water partition coefficient (Wildman–Crippen LogP) is 4.21. The number of amides is 1. The molecule has 28 heavy (non-hydrogen) atoms. The van der Waals surface area contributed by atoms with Gasteiger partial charge in [0.2, 0.25) is 5.95 Å². The number of rotatable bonds is 5. The smallest absolute Gasteiger partial charge is 0.258 e. The lowest BCUT2D eigenvalue weighted by atomic mass is 10.2. The van der Waals surface area contributed by atoms with Gasteiger partial charge in [0, 0.05) is 42.5 Å². The largest absolute Gasteiger partial charge is 0.372 e. The van der Waals surface area contributed by atoms with E-state index in [1.54, 1.807) is 12.1 Å². The van der Waals surface area contributed by atoms with Gasteiger partial charge in [-0.15, -0.1) is 0 Å². The quantitative estimate of drug-likeness (QED) is 0.697. The molecule has 1 saturated heterocycles. The first-order valence-corrected chi connectivity index (χ1v) is 9.18. The molecular formula is C21H20FN5O. The molecule has 1 aliphatic rings. The summed E-state index contributed by atoms with van der Waals surface area (Å²) in [6, 6.07) is 13.7. The minimum Gasteiger partial charge on any atom is -0.372 e. The Labute approximate surface area is 162 Å². The summed E-state index contributed by atoms with van der Waals surface area (Å²) < 4.78 is 12.9. The van der Waals surface area contributed by atoms with Gasteiger partial charge in [0.05, 0.1) is 5.56 Å². The normalized spacial score (nSPS) is 13.4. The van der Waals surface area contributed by atoms with Crippen molar-refractivity contribution in [1.82, 2.24) is 9.97 Å². The van der Waals surface area contributed by atoms with Gasteiger partial charge in [-0.25, -0.2) is 14.4 Å². The Hall–Kier alpha value is -3.48. The number of nitrogens with zero attached hydrogens (tertiary/aromatic N) is 3. The van der Waals surface area contributed by atoms with Gasteiger partial charge in [0.15, 0.2) is 0 Å². The predicted molar refractivity (Wildman–Crippen MR) is 108 cm³/mol. The second-order valence-corrected chi connectivity index (χ2v) is 6.62. The summed E-state index contributed by atoms with van der Waals surface area (Å²) in [4.78, 5) is 23.0. The molecule has 2 heterocycles. The van der Waals surface area contributed by atoms with Crippen molar-refractivity contribution >= 4 is 28.9 Å². The summed E-state index contributed by atoms with van der Waals surface area (Å²) in [5.74, 6) is -0.257. The molecule has 2 N–H and O–H groups in total. The molecule has 0 radical (unpaired) electrons. The van der Waals surface area contributed by atoms with Crippen molar-refractivity contribution in [1.29, 1.82) is 0 Å². The third-order valence-electron chi connectivity index (χ3n) is 4.61. The molecule has 142 valence electrons. The maximum atomic E-state index is 12.9. The van der Waals surface area contributed by atoms with E-state index in [-0.39, 0.29) is 11.7 Å². The van der Waals surface area contributed by atoms with Crippen LogP contribution in [0.5, 0.6) is 0 Å². The molecule has 7 heteroatoms. The van der Waals surface area contributed by atoms with Crippen LogP contribution in [0.4, 0.5) is 27.4 Å². The molecule has 0 saturated carbocycles. The lowest BCUT2D eigenvalue weighted by Crippen LogP contribution is -2.17. The van der Waals surface area contributed by atoms with Gasteiger partial charge in [-0.1, -0.05) is 0 Å². The Morgan fingerprint density at radius 1 is 0.893 bits per heavy atom. The van der Waals surface area contributed by atoms with E-state index in [0.717, 1.165) is 18.8 Å². The molecule has 1 aliphatic heterocycles. The van der Waals surface area contributed by atoms with Crippen LogP contribution in [-0.4, -0.2) is 29.0 Å². The fourth-order valence-corrected chi connectivity index (χ4v) is 3.11. The highest BCUT2D eigenvalue weighted by atomic mass is 19.1. The molecule has 1 aromatic heterocycles. The summed E-state index contributed by atoms with van der Waals surface area (Å²) >= 11 is 0. The molecule has 2 aromatic carbocycles. The van der Waals surface area contributed by atoms with E-state index in [4.69, 9.17) is 0 Å². The fraction of sp³-hybridized carbons (Fsp3) is 0.190. The third kappa shape index (κ3) is 4.25. The third-order valence-corrected chi connectivity index (χ3v) is 4.61. The van der Waals surface area contributed by atoms with E-state index in [9.17, 15) is 9.18 Å². The van der Waals surface area contributed by atoms with Crippen molar-refractivity contribution in [3.8, 4) is 0 Å². The van der Waals surface area contributed by atoms with E-state index in [0.29, 0.717) is 17.2 Å². The van der Waals surface area contributed by atoms with E-state index >= 15 is 0 Å². The van der Waals surface area contributed by atoms with Crippen molar-refractivity contribution < 1.29 is 9.18 Å². The molecule has 0 atom stereocenters. The van der Waals surface area contributed by atoms with E-state index in [1.165, 1.54) is 43.1 Å². The Morgan fingerprint density at radius 3 is 2.14 bits per heavy atom. The van der Waals surface area contributed by atoms with Gasteiger partial charge in [0.1, 0.15) is 5.82 Å². The van der Waals surface area contributed by atoms with Gasteiger partial charge in [-0.3, -0.25) is 4.79 Å². The second kappa shape index (κ2) is 8.04. The van der Waals surface area contributed by atoms with Crippen LogP contribution >= 0.6 is 0 Å². The lowest BCUT2D eigenvalue weighted by molar-refractivity contribution is 0.102. The van der Waals surface area contributed by atoms with Gasteiger partial charge in [-0.05, 0) is 61.4 Å². The number of nitrogens with one attached hydrogen (secondary N) is 2. The van der Waals surface area contributed by atoms with Crippen LogP contribution in [0.1, 0.15) is 23.2 Å². The number of halogens is 1. The van der Waals surface area contributed by atoms with Crippen LogP contribution in [0, 0.1) is 5.82 Å². The van der Waals surface area contributed by atoms with Gasteiger partial charge < -0.3 is 15.5 Å². The standard InChI is InChI=1S/C21H20FN5O/c22-16-3-5-18(6-4-16)26-21-23-13-15(14-24-21)20(28)25-17-7-9-19(10-8-17)27-11-1-2-12-27/h3-10,13-14H,1-2,11-12H2,(H,25,28)(H,23,24,26). The van der Waals surface area contributed by atoms with E-state index in [2.05, 4.69) is 25.5 Å². The average molecular weight is 377 g/mol. The van der Waals surface area contributed by atoms with Crippen molar-refractivity contribution in [3.63, 3.8) is 0 Å². The Bertz CT molecular complexity index is 936. The molecule has 0 spiro atoms. The topological polar surface area (TPSA) is 70.2 Å². The monoisotopic (exact) mass is 377 g/mol. The second-order valence-electron chi connectivity index (χ2n) is 6.62. The molecule has 0 bridgehead atoms. The van der Waals surface area contributed by atoms with Gasteiger partial charge in [0.25, 0.3) is 5.91 Å². The zero-order valence-corrected chi connectivity index (χ0v) is 15.2. The number of carbonyl (C=O) groups excluding carboxylic acids is 1. The number of carbonyl (C=O) groups is 1. The van der Waals surface area contributed by atoms with Crippen molar-refractivity contribution in [2.45, 2.75) is 12.8 Å². The minimum atomic E-state index is -0.313. The molecule has 0 aliphatic carbocycles. The van der Waals surface area contributed by atoms with Crippen molar-refractivity contribution in [3.05, 3.63) is 72.3 Å². The average Bonchev–Trinajstić information content (AvgIpc) is 3.26. The number of hydrogen-bond donors (Lipinski definition) is 2. The zero-order valence-electron chi connectivity index (χ0n) is 15.2. The number of aromatic nitrogens is 2. The molecular weight excluding hydrogens is 357 g/mol. The van der Waals surface area contributed by atoms with Gasteiger partial charge >= 0.3 is 0 Å². The Balaban J connectivity index is 1.37. The molecule has 3 aromatic rings. The molecule has 1 fully saturated rings. The Morgan fingerprint density at radius 2 is 1.50 bits per heavy atom. The number of benzene rings is 2. The summed E-state index contributed by atoms with van der Waals surface area (Å²) in [5.41, 5.74) is 2.92. The van der Waals surface area contributed by atoms with Gasteiger partial charge in [-0.2, -0.15) is 0 Å². The van der Waals surface area contributed by atoms with Crippen LogP contribution in [0.3, 0.4) is 0 Å². The summed E-state index contributed by atoms with van der Waals surface area (Å²) in [5, 5.41) is 5.81. The summed E-state index contributed by atoms with van der Waals surface area (Å²) in [7, 11) is 0. The van der Waals surface area contributed by atoms with Crippen LogP contribution in [0.25, 0.3) is 0 Å². The highest BCUT2D eigenvalue weighted by molar-refractivity contribution is 6.04. The molecule has 6 nitrogen and oxygen atoms in total. The maximum Gasteiger partial charge on any atom is 0.258 e. The first-order valence-electron chi connectivity index (χ1n) is 9.18. The number of anilines is 4. The highest BCUT2D eigenvalue weighted by Crippen LogP contribution is 2.22. The summed E-state index contributed by atoms with van der Waals surface area (Å²) in [6.45, 7) is 2.17. The van der Waals surface area contributed by atoms with Crippen LogP contribution in [-0.2, 0) is 0 Å². The molecule has 1 amide bonds. The molecule has 0 unspecified atom stereocenters. The number of hydrogen-bond acceptors (Lipinski definition) is 5. The van der Waals surface area contributed by atoms with E-state index < -0.39 is 0 Å².